The Morgan fingerprint density at radius 2 is 2.53 bits per heavy atom. The normalized spacial score (nSPS) is 19.5. The summed E-state index contributed by atoms with van der Waals surface area (Å²) in [6, 6.07) is 2.11. The van der Waals surface area contributed by atoms with Crippen molar-refractivity contribution >= 4 is 5.91 Å². The maximum absolute atomic E-state index is 12.1. The van der Waals surface area contributed by atoms with E-state index in [1.807, 2.05) is 18.7 Å². The van der Waals surface area contributed by atoms with Gasteiger partial charge in [0.2, 0.25) is 5.76 Å². The molecule has 2 rings (SSSR count). The Bertz CT molecular complexity index is 383. The van der Waals surface area contributed by atoms with Gasteiger partial charge in [0.05, 0.1) is 5.69 Å². The third-order valence-electron chi connectivity index (χ3n) is 3.11. The first-order valence-corrected chi connectivity index (χ1v) is 6.16. The number of nitrogens with one attached hydrogen (secondary N) is 1. The summed E-state index contributed by atoms with van der Waals surface area (Å²) >= 11 is 0. The number of hydrogen-bond acceptors (Lipinski definition) is 4. The van der Waals surface area contributed by atoms with Crippen molar-refractivity contribution in [2.24, 2.45) is 0 Å². The maximum Gasteiger partial charge on any atom is 0.292 e. The first-order valence-electron chi connectivity index (χ1n) is 6.16. The molecule has 1 unspecified atom stereocenters. The average molecular weight is 237 g/mol. The van der Waals surface area contributed by atoms with Gasteiger partial charge in [-0.1, -0.05) is 5.16 Å². The topological polar surface area (TPSA) is 58.4 Å². The molecule has 0 spiro atoms. The quantitative estimate of drug-likeness (QED) is 0.854. The summed E-state index contributed by atoms with van der Waals surface area (Å²) in [6.07, 6.45) is 2.33. The molecule has 0 aromatic carbocycles. The average Bonchev–Trinajstić information content (AvgIpc) is 2.96. The van der Waals surface area contributed by atoms with E-state index in [1.165, 1.54) is 6.42 Å². The van der Waals surface area contributed by atoms with E-state index in [2.05, 4.69) is 10.5 Å². The number of carbonyl (C=O) groups is 1. The van der Waals surface area contributed by atoms with Crippen LogP contribution in [-0.4, -0.2) is 41.6 Å². The van der Waals surface area contributed by atoms with Crippen LogP contribution in [0.2, 0.25) is 0 Å². The van der Waals surface area contributed by atoms with Crippen molar-refractivity contribution in [3.05, 3.63) is 17.5 Å². The van der Waals surface area contributed by atoms with Crippen LogP contribution in [0.4, 0.5) is 0 Å². The molecular weight excluding hydrogens is 218 g/mol. The molecule has 5 heteroatoms. The third-order valence-corrected chi connectivity index (χ3v) is 3.11. The minimum atomic E-state index is -0.0678. The van der Waals surface area contributed by atoms with Crippen LogP contribution in [0.5, 0.6) is 0 Å². The third kappa shape index (κ3) is 2.85. The standard InChI is InChI=1S/C12H19N3O2/c1-3-15(8-10-5-4-6-13-10)12(16)11-7-9(2)14-17-11/h7,10,13H,3-6,8H2,1-2H3. The molecular formula is C12H19N3O2. The molecule has 1 aliphatic rings. The van der Waals surface area contributed by atoms with Gasteiger partial charge in [-0.3, -0.25) is 4.79 Å². The van der Waals surface area contributed by atoms with Gasteiger partial charge >= 0.3 is 0 Å². The van der Waals surface area contributed by atoms with E-state index < -0.39 is 0 Å². The molecule has 1 fully saturated rings. The van der Waals surface area contributed by atoms with Gasteiger partial charge in [0, 0.05) is 25.2 Å². The Hall–Kier alpha value is -1.36. The highest BCUT2D eigenvalue weighted by Gasteiger charge is 2.23. The molecule has 0 radical (unpaired) electrons. The van der Waals surface area contributed by atoms with Crippen molar-refractivity contribution in [2.75, 3.05) is 19.6 Å². The van der Waals surface area contributed by atoms with Gasteiger partial charge in [-0.25, -0.2) is 0 Å². The van der Waals surface area contributed by atoms with Gasteiger partial charge in [-0.05, 0) is 33.2 Å². The summed E-state index contributed by atoms with van der Waals surface area (Å²) in [7, 11) is 0. The molecule has 94 valence electrons. The molecule has 1 aromatic heterocycles. The Morgan fingerprint density at radius 1 is 1.71 bits per heavy atom. The van der Waals surface area contributed by atoms with Gasteiger partial charge in [0.25, 0.3) is 5.91 Å². The van der Waals surface area contributed by atoms with E-state index in [9.17, 15) is 4.79 Å². The minimum Gasteiger partial charge on any atom is -0.351 e. The number of likely N-dealkylation sites (N-methyl/N-ethyl adjacent to an activating group) is 1. The maximum atomic E-state index is 12.1. The van der Waals surface area contributed by atoms with E-state index in [4.69, 9.17) is 4.52 Å². The zero-order chi connectivity index (χ0) is 12.3. The molecule has 0 bridgehead atoms. The van der Waals surface area contributed by atoms with Crippen LogP contribution in [-0.2, 0) is 0 Å². The van der Waals surface area contributed by atoms with Gasteiger partial charge < -0.3 is 14.7 Å². The number of rotatable bonds is 4. The lowest BCUT2D eigenvalue weighted by molar-refractivity contribution is 0.0709. The molecule has 1 saturated heterocycles. The number of aromatic nitrogens is 1. The lowest BCUT2D eigenvalue weighted by atomic mass is 10.2. The molecule has 17 heavy (non-hydrogen) atoms. The predicted octanol–water partition coefficient (Wildman–Crippen LogP) is 1.20. The van der Waals surface area contributed by atoms with E-state index in [1.54, 1.807) is 6.07 Å². The van der Waals surface area contributed by atoms with Crippen LogP contribution >= 0.6 is 0 Å². The van der Waals surface area contributed by atoms with Crippen molar-refractivity contribution in [1.29, 1.82) is 0 Å². The predicted molar refractivity (Wildman–Crippen MR) is 63.8 cm³/mol. The first-order chi connectivity index (χ1) is 8.20. The zero-order valence-corrected chi connectivity index (χ0v) is 10.4. The molecule has 0 aliphatic carbocycles. The Kier molecular flexibility index (Phi) is 3.78. The fraction of sp³-hybridized carbons (Fsp3) is 0.667. The molecule has 1 atom stereocenters. The Morgan fingerprint density at radius 3 is 3.06 bits per heavy atom. The first kappa shape index (κ1) is 12.1. The number of carbonyl (C=O) groups excluding carboxylic acids is 1. The van der Waals surface area contributed by atoms with Crippen molar-refractivity contribution in [3.63, 3.8) is 0 Å². The highest BCUT2D eigenvalue weighted by molar-refractivity contribution is 5.91. The second-order valence-corrected chi connectivity index (χ2v) is 4.47. The highest BCUT2D eigenvalue weighted by atomic mass is 16.5. The SMILES string of the molecule is CCN(CC1CCCN1)C(=O)c1cc(C)no1. The summed E-state index contributed by atoms with van der Waals surface area (Å²) < 4.78 is 5.01. The fourth-order valence-electron chi connectivity index (χ4n) is 2.15. The van der Waals surface area contributed by atoms with Gasteiger partial charge in [-0.2, -0.15) is 0 Å². The molecule has 1 aromatic rings. The molecule has 5 nitrogen and oxygen atoms in total. The molecule has 1 amide bonds. The summed E-state index contributed by atoms with van der Waals surface area (Å²) in [4.78, 5) is 13.9. The van der Waals surface area contributed by atoms with Crippen LogP contribution in [0.1, 0.15) is 36.0 Å². The lowest BCUT2D eigenvalue weighted by Gasteiger charge is -2.23. The minimum absolute atomic E-state index is 0.0678. The van der Waals surface area contributed by atoms with Crippen LogP contribution in [0.3, 0.4) is 0 Å². The summed E-state index contributed by atoms with van der Waals surface area (Å²) in [5, 5.41) is 7.14. The zero-order valence-electron chi connectivity index (χ0n) is 10.4. The van der Waals surface area contributed by atoms with Gasteiger partial charge in [-0.15, -0.1) is 0 Å². The van der Waals surface area contributed by atoms with E-state index in [-0.39, 0.29) is 5.91 Å². The van der Waals surface area contributed by atoms with Gasteiger partial charge in [0.15, 0.2) is 0 Å². The number of amides is 1. The van der Waals surface area contributed by atoms with E-state index >= 15 is 0 Å². The summed E-state index contributed by atoms with van der Waals surface area (Å²) in [6.45, 7) is 6.29. The second kappa shape index (κ2) is 5.31. The molecule has 0 saturated carbocycles. The second-order valence-electron chi connectivity index (χ2n) is 4.47. The molecule has 2 heterocycles. The Balaban J connectivity index is 1.99. The molecule has 1 aliphatic heterocycles. The summed E-state index contributed by atoms with van der Waals surface area (Å²) in [5.74, 6) is 0.268. The number of nitrogens with zero attached hydrogens (tertiary/aromatic N) is 2. The highest BCUT2D eigenvalue weighted by Crippen LogP contribution is 2.11. The lowest BCUT2D eigenvalue weighted by Crippen LogP contribution is -2.40. The van der Waals surface area contributed by atoms with Crippen molar-refractivity contribution in [2.45, 2.75) is 32.7 Å². The van der Waals surface area contributed by atoms with Crippen LogP contribution in [0, 0.1) is 6.92 Å². The number of hydrogen-bond donors (Lipinski definition) is 1. The van der Waals surface area contributed by atoms with Crippen LogP contribution in [0.25, 0.3) is 0 Å². The summed E-state index contributed by atoms with van der Waals surface area (Å²) in [5.41, 5.74) is 0.739. The van der Waals surface area contributed by atoms with Crippen molar-refractivity contribution in [1.82, 2.24) is 15.4 Å². The fourth-order valence-corrected chi connectivity index (χ4v) is 2.15. The Labute approximate surface area is 101 Å². The molecule has 1 N–H and O–H groups in total. The van der Waals surface area contributed by atoms with Crippen molar-refractivity contribution in [3.8, 4) is 0 Å². The van der Waals surface area contributed by atoms with E-state index in [0.29, 0.717) is 18.3 Å². The smallest absolute Gasteiger partial charge is 0.292 e. The van der Waals surface area contributed by atoms with Crippen LogP contribution < -0.4 is 5.32 Å². The van der Waals surface area contributed by atoms with E-state index in [0.717, 1.165) is 25.2 Å². The monoisotopic (exact) mass is 237 g/mol. The largest absolute Gasteiger partial charge is 0.351 e. The van der Waals surface area contributed by atoms with Gasteiger partial charge in [0.1, 0.15) is 0 Å². The number of aryl methyl sites for hydroxylation is 1. The van der Waals surface area contributed by atoms with Crippen molar-refractivity contribution < 1.29 is 9.32 Å². The van der Waals surface area contributed by atoms with Crippen LogP contribution in [0.15, 0.2) is 10.6 Å².